The van der Waals surface area contributed by atoms with E-state index in [0.717, 1.165) is 6.07 Å². The van der Waals surface area contributed by atoms with E-state index in [0.29, 0.717) is 0 Å². The Balaban J connectivity index is 3.07. The van der Waals surface area contributed by atoms with E-state index in [2.05, 4.69) is 5.32 Å². The lowest BCUT2D eigenvalue weighted by atomic mass is 10.3. The van der Waals surface area contributed by atoms with Crippen LogP contribution in [0, 0.1) is 6.92 Å². The van der Waals surface area contributed by atoms with Gasteiger partial charge in [0.25, 0.3) is 15.0 Å². The average molecular weight is 266 g/mol. The Kier molecular flexibility index (Phi) is 3.64. The number of carbonyl (C=O) groups excluding carboxylic acids is 1. The van der Waals surface area contributed by atoms with Gasteiger partial charge in [0.2, 0.25) is 0 Å². The van der Waals surface area contributed by atoms with E-state index in [9.17, 15) is 13.2 Å². The molecule has 1 N–H and O–H groups in total. The van der Waals surface area contributed by atoms with E-state index >= 15 is 0 Å². The van der Waals surface area contributed by atoms with Crippen LogP contribution in [0.15, 0.2) is 15.4 Å². The largest absolute Gasteiger partial charge is 0.455 e. The standard InChI is InChI=1S/C9H12ClNO4S/c1-5(2)11-9(12)7-4-8(6(3)15-7)16(10,13)14/h4-5H,1-3H3,(H,11,12). The van der Waals surface area contributed by atoms with Crippen LogP contribution in [0.25, 0.3) is 0 Å². The Morgan fingerprint density at radius 2 is 2.06 bits per heavy atom. The van der Waals surface area contributed by atoms with Crippen LogP contribution < -0.4 is 5.32 Å². The van der Waals surface area contributed by atoms with Crippen LogP contribution in [-0.4, -0.2) is 20.4 Å². The highest BCUT2D eigenvalue weighted by Crippen LogP contribution is 2.23. The first kappa shape index (κ1) is 13.1. The third-order valence-corrected chi connectivity index (χ3v) is 3.21. The number of amides is 1. The highest BCUT2D eigenvalue weighted by atomic mass is 35.7. The smallest absolute Gasteiger partial charge is 0.287 e. The number of carbonyl (C=O) groups is 1. The zero-order valence-electron chi connectivity index (χ0n) is 9.07. The molecule has 0 spiro atoms. The normalized spacial score (nSPS) is 11.8. The van der Waals surface area contributed by atoms with Gasteiger partial charge in [-0.15, -0.1) is 0 Å². The molecule has 1 heterocycles. The van der Waals surface area contributed by atoms with Crippen LogP contribution in [0.4, 0.5) is 0 Å². The van der Waals surface area contributed by atoms with Gasteiger partial charge in [-0.05, 0) is 20.8 Å². The minimum absolute atomic E-state index is 0.0611. The zero-order valence-corrected chi connectivity index (χ0v) is 10.6. The van der Waals surface area contributed by atoms with Gasteiger partial charge < -0.3 is 9.73 Å². The van der Waals surface area contributed by atoms with Crippen LogP contribution in [0.3, 0.4) is 0 Å². The Bertz CT molecular complexity index is 504. The summed E-state index contributed by atoms with van der Waals surface area (Å²) in [5.74, 6) is -0.431. The summed E-state index contributed by atoms with van der Waals surface area (Å²) in [6, 6.07) is 1.06. The van der Waals surface area contributed by atoms with Gasteiger partial charge in [-0.2, -0.15) is 0 Å². The number of aryl methyl sites for hydroxylation is 1. The van der Waals surface area contributed by atoms with Gasteiger partial charge >= 0.3 is 0 Å². The number of hydrogen-bond donors (Lipinski definition) is 1. The van der Waals surface area contributed by atoms with Crippen LogP contribution >= 0.6 is 10.7 Å². The monoisotopic (exact) mass is 265 g/mol. The number of furan rings is 1. The van der Waals surface area contributed by atoms with Crippen molar-refractivity contribution in [2.45, 2.75) is 31.7 Å². The predicted molar refractivity (Wildman–Crippen MR) is 59.1 cm³/mol. The lowest BCUT2D eigenvalue weighted by molar-refractivity contribution is 0.0914. The SMILES string of the molecule is Cc1oc(C(=O)NC(C)C)cc1S(=O)(=O)Cl. The molecule has 90 valence electrons. The number of hydrogen-bond acceptors (Lipinski definition) is 4. The van der Waals surface area contributed by atoms with E-state index in [1.165, 1.54) is 6.92 Å². The second kappa shape index (κ2) is 4.47. The van der Waals surface area contributed by atoms with Gasteiger partial charge in [-0.3, -0.25) is 4.79 Å². The molecule has 16 heavy (non-hydrogen) atoms. The van der Waals surface area contributed by atoms with Crippen LogP contribution in [0.5, 0.6) is 0 Å². The fourth-order valence-corrected chi connectivity index (χ4v) is 2.25. The van der Waals surface area contributed by atoms with Crippen LogP contribution in [-0.2, 0) is 9.05 Å². The van der Waals surface area contributed by atoms with Gasteiger partial charge in [-0.1, -0.05) is 0 Å². The predicted octanol–water partition coefficient (Wildman–Crippen LogP) is 1.65. The molecule has 0 bridgehead atoms. The summed E-state index contributed by atoms with van der Waals surface area (Å²) in [5.41, 5.74) is 0. The van der Waals surface area contributed by atoms with Crippen molar-refractivity contribution in [3.05, 3.63) is 17.6 Å². The third-order valence-electron chi connectivity index (χ3n) is 1.78. The van der Waals surface area contributed by atoms with E-state index in [1.54, 1.807) is 13.8 Å². The summed E-state index contributed by atoms with van der Waals surface area (Å²) in [4.78, 5) is 11.3. The number of halogens is 1. The van der Waals surface area contributed by atoms with E-state index in [1.807, 2.05) is 0 Å². The fourth-order valence-electron chi connectivity index (χ4n) is 1.15. The summed E-state index contributed by atoms with van der Waals surface area (Å²) in [6.45, 7) is 5.00. The summed E-state index contributed by atoms with van der Waals surface area (Å²) >= 11 is 0. The zero-order chi connectivity index (χ0) is 12.5. The molecule has 1 aromatic heterocycles. The van der Waals surface area contributed by atoms with Gasteiger partial charge in [0.15, 0.2) is 5.76 Å². The molecule has 0 saturated heterocycles. The molecule has 1 rings (SSSR count). The quantitative estimate of drug-likeness (QED) is 0.843. The lowest BCUT2D eigenvalue weighted by Crippen LogP contribution is -2.29. The molecule has 0 fully saturated rings. The summed E-state index contributed by atoms with van der Waals surface area (Å²) in [6.07, 6.45) is 0. The van der Waals surface area contributed by atoms with Crippen molar-refractivity contribution < 1.29 is 17.6 Å². The van der Waals surface area contributed by atoms with Crippen LogP contribution in [0.1, 0.15) is 30.2 Å². The van der Waals surface area contributed by atoms with Crippen molar-refractivity contribution in [3.63, 3.8) is 0 Å². The van der Waals surface area contributed by atoms with E-state index in [4.69, 9.17) is 15.1 Å². The molecule has 0 aromatic carbocycles. The van der Waals surface area contributed by atoms with E-state index in [-0.39, 0.29) is 22.5 Å². The highest BCUT2D eigenvalue weighted by molar-refractivity contribution is 8.13. The number of rotatable bonds is 3. The number of nitrogens with one attached hydrogen (secondary N) is 1. The third kappa shape index (κ3) is 2.99. The van der Waals surface area contributed by atoms with Gasteiger partial charge in [0.05, 0.1) is 0 Å². The summed E-state index contributed by atoms with van der Waals surface area (Å²) in [7, 11) is 1.29. The average Bonchev–Trinajstić information content (AvgIpc) is 2.44. The Hall–Kier alpha value is -1.01. The Morgan fingerprint density at radius 3 is 2.44 bits per heavy atom. The van der Waals surface area contributed by atoms with Gasteiger partial charge in [0, 0.05) is 22.8 Å². The van der Waals surface area contributed by atoms with Crippen molar-refractivity contribution in [2.24, 2.45) is 0 Å². The molecule has 1 amide bonds. The molecule has 7 heteroatoms. The first-order chi connectivity index (χ1) is 7.21. The maximum absolute atomic E-state index is 11.5. The molecule has 0 aliphatic carbocycles. The maximum atomic E-state index is 11.5. The Labute approximate surface area is 98.2 Å². The molecule has 0 unspecified atom stereocenters. The molecule has 5 nitrogen and oxygen atoms in total. The Morgan fingerprint density at radius 1 is 1.50 bits per heavy atom. The molecule has 0 radical (unpaired) electrons. The molecular formula is C9H12ClNO4S. The van der Waals surface area contributed by atoms with Gasteiger partial charge in [0.1, 0.15) is 10.7 Å². The highest BCUT2D eigenvalue weighted by Gasteiger charge is 2.22. The first-order valence-electron chi connectivity index (χ1n) is 4.57. The van der Waals surface area contributed by atoms with Crippen molar-refractivity contribution in [3.8, 4) is 0 Å². The topological polar surface area (TPSA) is 76.4 Å². The molecule has 0 atom stereocenters. The molecule has 0 aliphatic rings. The fraction of sp³-hybridized carbons (Fsp3) is 0.444. The van der Waals surface area contributed by atoms with Crippen molar-refractivity contribution >= 4 is 25.6 Å². The van der Waals surface area contributed by atoms with Crippen molar-refractivity contribution in [1.29, 1.82) is 0 Å². The summed E-state index contributed by atoms with van der Waals surface area (Å²) in [5, 5.41) is 2.58. The molecular weight excluding hydrogens is 254 g/mol. The second-order valence-corrected chi connectivity index (χ2v) is 6.13. The lowest BCUT2D eigenvalue weighted by Gasteiger charge is -2.04. The first-order valence-corrected chi connectivity index (χ1v) is 6.88. The minimum Gasteiger partial charge on any atom is -0.455 e. The molecule has 1 aromatic rings. The van der Waals surface area contributed by atoms with Crippen LogP contribution in [0.2, 0.25) is 0 Å². The van der Waals surface area contributed by atoms with E-state index < -0.39 is 15.0 Å². The second-order valence-electron chi connectivity index (χ2n) is 3.60. The van der Waals surface area contributed by atoms with Crippen molar-refractivity contribution in [1.82, 2.24) is 5.32 Å². The maximum Gasteiger partial charge on any atom is 0.287 e. The van der Waals surface area contributed by atoms with Gasteiger partial charge in [-0.25, -0.2) is 8.42 Å². The van der Waals surface area contributed by atoms with Crippen molar-refractivity contribution in [2.75, 3.05) is 0 Å². The molecule has 0 aliphatic heterocycles. The minimum atomic E-state index is -3.88. The molecule has 0 saturated carbocycles. The summed E-state index contributed by atoms with van der Waals surface area (Å²) < 4.78 is 27.2.